The molecular formula is C10H12F3NO3. The van der Waals surface area contributed by atoms with Crippen molar-refractivity contribution >= 4 is 0 Å². The van der Waals surface area contributed by atoms with E-state index in [1.807, 2.05) is 0 Å². The van der Waals surface area contributed by atoms with Crippen molar-refractivity contribution in [1.82, 2.24) is 4.98 Å². The number of hydrogen-bond donors (Lipinski definition) is 3. The van der Waals surface area contributed by atoms with Gasteiger partial charge < -0.3 is 15.3 Å². The van der Waals surface area contributed by atoms with Crippen LogP contribution in [0.1, 0.15) is 23.7 Å². The van der Waals surface area contributed by atoms with Crippen molar-refractivity contribution in [2.24, 2.45) is 0 Å². The van der Waals surface area contributed by atoms with E-state index in [4.69, 9.17) is 5.11 Å². The lowest BCUT2D eigenvalue weighted by atomic mass is 9.99. The number of nitrogens with zero attached hydrogens (tertiary/aromatic N) is 1. The van der Waals surface area contributed by atoms with Gasteiger partial charge >= 0.3 is 6.18 Å². The van der Waals surface area contributed by atoms with Crippen molar-refractivity contribution < 1.29 is 28.5 Å². The lowest BCUT2D eigenvalue weighted by Gasteiger charge is -2.20. The molecule has 3 N–H and O–H groups in total. The molecular weight excluding hydrogens is 239 g/mol. The Kier molecular flexibility index (Phi) is 4.44. The average Bonchev–Trinajstić information content (AvgIpc) is 2.27. The summed E-state index contributed by atoms with van der Waals surface area (Å²) in [5.41, 5.74) is -1.54. The van der Waals surface area contributed by atoms with Gasteiger partial charge in [-0.1, -0.05) is 0 Å². The van der Waals surface area contributed by atoms with E-state index in [0.29, 0.717) is 0 Å². The fourth-order valence-electron chi connectivity index (χ4n) is 1.40. The third kappa shape index (κ3) is 3.39. The molecule has 0 aliphatic carbocycles. The number of aromatic nitrogens is 1. The fourth-order valence-corrected chi connectivity index (χ4v) is 1.40. The first-order chi connectivity index (χ1) is 7.88. The molecule has 1 rings (SSSR count). The van der Waals surface area contributed by atoms with Gasteiger partial charge in [0.1, 0.15) is 6.10 Å². The first kappa shape index (κ1) is 13.9. The van der Waals surface area contributed by atoms with Crippen molar-refractivity contribution in [3.63, 3.8) is 0 Å². The summed E-state index contributed by atoms with van der Waals surface area (Å²) in [4.78, 5) is 3.49. The maximum atomic E-state index is 12.6. The van der Waals surface area contributed by atoms with Crippen LogP contribution in [0.2, 0.25) is 0 Å². The van der Waals surface area contributed by atoms with Crippen molar-refractivity contribution in [3.05, 3.63) is 29.6 Å². The molecule has 0 bridgehead atoms. The first-order valence-corrected chi connectivity index (χ1v) is 4.86. The molecule has 4 nitrogen and oxygen atoms in total. The molecule has 0 aliphatic heterocycles. The minimum atomic E-state index is -4.63. The quantitative estimate of drug-likeness (QED) is 0.742. The second kappa shape index (κ2) is 5.44. The predicted octanol–water partition coefficient (Wildman–Crippen LogP) is 0.877. The summed E-state index contributed by atoms with van der Waals surface area (Å²) in [7, 11) is 0. The summed E-state index contributed by atoms with van der Waals surface area (Å²) in [6.07, 6.45) is -6.23. The van der Waals surface area contributed by atoms with Gasteiger partial charge in [-0.3, -0.25) is 4.98 Å². The van der Waals surface area contributed by atoms with Crippen molar-refractivity contribution in [2.45, 2.75) is 24.8 Å². The van der Waals surface area contributed by atoms with Crippen LogP contribution in [-0.4, -0.2) is 33.0 Å². The second-order valence-electron chi connectivity index (χ2n) is 3.49. The Hall–Kier alpha value is -1.18. The smallest absolute Gasteiger partial charge is 0.396 e. The van der Waals surface area contributed by atoms with E-state index in [2.05, 4.69) is 4.98 Å². The molecule has 17 heavy (non-hydrogen) atoms. The van der Waals surface area contributed by atoms with Crippen LogP contribution in [0, 0.1) is 0 Å². The summed E-state index contributed by atoms with van der Waals surface area (Å²) >= 11 is 0. The number of pyridine rings is 1. The van der Waals surface area contributed by atoms with Gasteiger partial charge in [-0.2, -0.15) is 13.2 Å². The van der Waals surface area contributed by atoms with Crippen LogP contribution in [0.15, 0.2) is 18.5 Å². The Labute approximate surface area is 95.4 Å². The molecule has 1 aromatic heterocycles. The zero-order chi connectivity index (χ0) is 13.1. The summed E-state index contributed by atoms with van der Waals surface area (Å²) in [5, 5.41) is 27.5. The molecule has 0 aromatic carbocycles. The Balaban J connectivity index is 3.05. The van der Waals surface area contributed by atoms with Gasteiger partial charge in [-0.05, 0) is 12.5 Å². The zero-order valence-electron chi connectivity index (χ0n) is 8.72. The lowest BCUT2D eigenvalue weighted by Crippen LogP contribution is -2.23. The normalized spacial score (nSPS) is 15.6. The summed E-state index contributed by atoms with van der Waals surface area (Å²) in [6.45, 7) is -0.431. The summed E-state index contributed by atoms with van der Waals surface area (Å²) in [5.74, 6) is 0. The third-order valence-electron chi connectivity index (χ3n) is 2.27. The number of rotatable bonds is 4. The molecule has 1 heterocycles. The SMILES string of the molecule is OCCC(O)C(O)c1cnccc1C(F)(F)F. The molecule has 2 atom stereocenters. The van der Waals surface area contributed by atoms with Gasteiger partial charge in [-0.15, -0.1) is 0 Å². The van der Waals surface area contributed by atoms with E-state index >= 15 is 0 Å². The van der Waals surface area contributed by atoms with Crippen molar-refractivity contribution in [2.75, 3.05) is 6.61 Å². The standard InChI is InChI=1S/C10H12F3NO3/c11-10(12,13)7-1-3-14-5-6(7)9(17)8(16)2-4-15/h1,3,5,8-9,15-17H,2,4H2. The second-order valence-corrected chi connectivity index (χ2v) is 3.49. The van der Waals surface area contributed by atoms with E-state index < -0.39 is 36.1 Å². The number of alkyl halides is 3. The highest BCUT2D eigenvalue weighted by Crippen LogP contribution is 2.35. The van der Waals surface area contributed by atoms with Crippen LogP contribution in [0.4, 0.5) is 13.2 Å². The molecule has 0 aliphatic rings. The minimum absolute atomic E-state index is 0.215. The highest BCUT2D eigenvalue weighted by Gasteiger charge is 2.36. The molecule has 0 radical (unpaired) electrons. The molecule has 7 heteroatoms. The van der Waals surface area contributed by atoms with Crippen LogP contribution in [-0.2, 0) is 6.18 Å². The fraction of sp³-hybridized carbons (Fsp3) is 0.500. The number of aliphatic hydroxyl groups excluding tert-OH is 3. The average molecular weight is 251 g/mol. The molecule has 1 aromatic rings. The third-order valence-corrected chi connectivity index (χ3v) is 2.27. The van der Waals surface area contributed by atoms with Gasteiger partial charge in [0.2, 0.25) is 0 Å². The van der Waals surface area contributed by atoms with Gasteiger partial charge in [0.05, 0.1) is 11.7 Å². The van der Waals surface area contributed by atoms with Crippen LogP contribution in [0.5, 0.6) is 0 Å². The Morgan fingerprint density at radius 3 is 2.47 bits per heavy atom. The minimum Gasteiger partial charge on any atom is -0.396 e. The topological polar surface area (TPSA) is 73.6 Å². The Bertz CT molecular complexity index is 370. The predicted molar refractivity (Wildman–Crippen MR) is 51.9 cm³/mol. The highest BCUT2D eigenvalue weighted by atomic mass is 19.4. The van der Waals surface area contributed by atoms with E-state index in [-0.39, 0.29) is 6.42 Å². The van der Waals surface area contributed by atoms with E-state index in [9.17, 15) is 23.4 Å². The monoisotopic (exact) mass is 251 g/mol. The number of halogens is 3. The van der Waals surface area contributed by atoms with Crippen LogP contribution < -0.4 is 0 Å². The van der Waals surface area contributed by atoms with Crippen molar-refractivity contribution in [1.29, 1.82) is 0 Å². The van der Waals surface area contributed by atoms with Crippen LogP contribution in [0.25, 0.3) is 0 Å². The van der Waals surface area contributed by atoms with Crippen molar-refractivity contribution in [3.8, 4) is 0 Å². The van der Waals surface area contributed by atoms with Gasteiger partial charge in [0, 0.05) is 24.6 Å². The largest absolute Gasteiger partial charge is 0.416 e. The van der Waals surface area contributed by atoms with E-state index in [0.717, 1.165) is 18.5 Å². The van der Waals surface area contributed by atoms with Gasteiger partial charge in [0.15, 0.2) is 0 Å². The molecule has 0 amide bonds. The van der Waals surface area contributed by atoms with Crippen LogP contribution in [0.3, 0.4) is 0 Å². The Morgan fingerprint density at radius 2 is 1.94 bits per heavy atom. The molecule has 0 saturated carbocycles. The molecule has 0 saturated heterocycles. The summed E-state index contributed by atoms with van der Waals surface area (Å²) in [6, 6.07) is 0.726. The van der Waals surface area contributed by atoms with E-state index in [1.165, 1.54) is 0 Å². The van der Waals surface area contributed by atoms with Gasteiger partial charge in [0.25, 0.3) is 0 Å². The number of hydrogen-bond acceptors (Lipinski definition) is 4. The maximum Gasteiger partial charge on any atom is 0.416 e. The lowest BCUT2D eigenvalue weighted by molar-refractivity contribution is -0.140. The molecule has 96 valence electrons. The highest BCUT2D eigenvalue weighted by molar-refractivity contribution is 5.28. The zero-order valence-corrected chi connectivity index (χ0v) is 8.72. The summed E-state index contributed by atoms with van der Waals surface area (Å²) < 4.78 is 37.8. The van der Waals surface area contributed by atoms with Gasteiger partial charge in [-0.25, -0.2) is 0 Å². The van der Waals surface area contributed by atoms with Crippen LogP contribution >= 0.6 is 0 Å². The maximum absolute atomic E-state index is 12.6. The molecule has 2 unspecified atom stereocenters. The molecule has 0 spiro atoms. The number of aliphatic hydroxyl groups is 3. The first-order valence-electron chi connectivity index (χ1n) is 4.86. The Morgan fingerprint density at radius 1 is 1.29 bits per heavy atom. The van der Waals surface area contributed by atoms with E-state index in [1.54, 1.807) is 0 Å². The molecule has 0 fully saturated rings.